The molecule has 2 rings (SSSR count). The van der Waals surface area contributed by atoms with Crippen LogP contribution < -0.4 is 9.47 Å². The van der Waals surface area contributed by atoms with Crippen molar-refractivity contribution >= 4 is 23.8 Å². The second-order valence-electron chi connectivity index (χ2n) is 3.98. The summed E-state index contributed by atoms with van der Waals surface area (Å²) in [5.41, 5.74) is 0.121. The first-order valence-electron chi connectivity index (χ1n) is 5.45. The van der Waals surface area contributed by atoms with Crippen molar-refractivity contribution in [3.05, 3.63) is 28.5 Å². The fourth-order valence-electron chi connectivity index (χ4n) is 1.76. The molecule has 0 aromatic heterocycles. The zero-order valence-corrected chi connectivity index (χ0v) is 11.2. The molecule has 1 aliphatic heterocycles. The van der Waals surface area contributed by atoms with Gasteiger partial charge >= 0.3 is 12.3 Å². The first kappa shape index (κ1) is 15.3. The molecule has 0 fully saturated rings. The third-order valence-electron chi connectivity index (χ3n) is 2.58. The maximum absolute atomic E-state index is 12.9. The summed E-state index contributed by atoms with van der Waals surface area (Å²) in [5, 5.41) is 8.42. The zero-order chi connectivity index (χ0) is 15.8. The Morgan fingerprint density at radius 1 is 1.43 bits per heavy atom. The van der Waals surface area contributed by atoms with Gasteiger partial charge in [0.1, 0.15) is 11.5 Å². The highest BCUT2D eigenvalue weighted by Gasteiger charge is 2.48. The van der Waals surface area contributed by atoms with E-state index in [1.54, 1.807) is 0 Å². The number of fused-ring (bicyclic) bond motifs is 1. The lowest BCUT2D eigenvalue weighted by atomic mass is 10.1. The molecule has 1 aromatic carbocycles. The molecule has 0 aliphatic carbocycles. The van der Waals surface area contributed by atoms with Gasteiger partial charge < -0.3 is 19.3 Å². The standard InChI is InChI=1S/C12H8ClF3O5/c1-19-6-2-5-3-8(20-11(17)18)10(12(14,15)16)21-9(5)7(13)4-6/h2-4,10H,1H3,(H,17,18). The summed E-state index contributed by atoms with van der Waals surface area (Å²) in [5.74, 6) is -0.844. The van der Waals surface area contributed by atoms with Crippen molar-refractivity contribution in [1.29, 1.82) is 0 Å². The highest BCUT2D eigenvalue weighted by atomic mass is 35.5. The van der Waals surface area contributed by atoms with E-state index in [-0.39, 0.29) is 22.1 Å². The average Bonchev–Trinajstić information content (AvgIpc) is 2.35. The van der Waals surface area contributed by atoms with Gasteiger partial charge in [0.2, 0.25) is 0 Å². The number of methoxy groups -OCH3 is 1. The highest BCUT2D eigenvalue weighted by Crippen LogP contribution is 2.42. The van der Waals surface area contributed by atoms with Gasteiger partial charge in [-0.25, -0.2) is 4.79 Å². The molecule has 0 saturated carbocycles. The Morgan fingerprint density at radius 2 is 2.10 bits per heavy atom. The molecule has 1 N–H and O–H groups in total. The summed E-state index contributed by atoms with van der Waals surface area (Å²) in [6.07, 6.45) is -8.38. The van der Waals surface area contributed by atoms with E-state index < -0.39 is 24.2 Å². The molecule has 0 bridgehead atoms. The largest absolute Gasteiger partial charge is 0.511 e. The van der Waals surface area contributed by atoms with Crippen LogP contribution in [0, 0.1) is 0 Å². The Morgan fingerprint density at radius 3 is 2.62 bits per heavy atom. The fraction of sp³-hybridized carbons (Fsp3) is 0.250. The van der Waals surface area contributed by atoms with Crippen molar-refractivity contribution in [2.24, 2.45) is 0 Å². The summed E-state index contributed by atoms with van der Waals surface area (Å²) in [6, 6.07) is 2.63. The number of hydrogen-bond acceptors (Lipinski definition) is 4. The topological polar surface area (TPSA) is 65.0 Å². The van der Waals surface area contributed by atoms with Crippen molar-refractivity contribution in [2.75, 3.05) is 7.11 Å². The molecular formula is C12H8ClF3O5. The molecule has 5 nitrogen and oxygen atoms in total. The van der Waals surface area contributed by atoms with Crippen LogP contribution in [0.4, 0.5) is 18.0 Å². The summed E-state index contributed by atoms with van der Waals surface area (Å²) in [7, 11) is 1.35. The van der Waals surface area contributed by atoms with Crippen LogP contribution in [0.15, 0.2) is 17.9 Å². The van der Waals surface area contributed by atoms with Crippen LogP contribution in [-0.2, 0) is 4.74 Å². The van der Waals surface area contributed by atoms with E-state index in [0.717, 1.165) is 6.08 Å². The SMILES string of the molecule is COc1cc(Cl)c2c(c1)C=C(OC(=O)O)C(C(F)(F)F)O2. The van der Waals surface area contributed by atoms with Gasteiger partial charge in [-0.1, -0.05) is 11.6 Å². The fourth-order valence-corrected chi connectivity index (χ4v) is 2.02. The maximum Gasteiger partial charge on any atom is 0.511 e. The lowest BCUT2D eigenvalue weighted by molar-refractivity contribution is -0.191. The number of benzene rings is 1. The number of carbonyl (C=O) groups is 1. The first-order chi connectivity index (χ1) is 9.72. The van der Waals surface area contributed by atoms with E-state index in [2.05, 4.69) is 4.74 Å². The molecule has 1 unspecified atom stereocenters. The molecule has 0 saturated heterocycles. The predicted octanol–water partition coefficient (Wildman–Crippen LogP) is 3.71. The number of halogens is 4. The van der Waals surface area contributed by atoms with E-state index in [9.17, 15) is 18.0 Å². The number of rotatable bonds is 2. The van der Waals surface area contributed by atoms with Gasteiger partial charge in [-0.15, -0.1) is 0 Å². The molecule has 1 aromatic rings. The zero-order valence-electron chi connectivity index (χ0n) is 10.4. The Hall–Kier alpha value is -2.09. The second-order valence-corrected chi connectivity index (χ2v) is 4.39. The van der Waals surface area contributed by atoms with Gasteiger partial charge in [-0.3, -0.25) is 0 Å². The third-order valence-corrected chi connectivity index (χ3v) is 2.86. The van der Waals surface area contributed by atoms with Gasteiger partial charge in [0.15, 0.2) is 5.76 Å². The van der Waals surface area contributed by atoms with Crippen molar-refractivity contribution in [3.8, 4) is 11.5 Å². The van der Waals surface area contributed by atoms with E-state index in [4.69, 9.17) is 26.2 Å². The normalized spacial score (nSPS) is 17.4. The van der Waals surface area contributed by atoms with Crippen molar-refractivity contribution in [2.45, 2.75) is 12.3 Å². The van der Waals surface area contributed by atoms with E-state index in [1.807, 2.05) is 0 Å². The molecular weight excluding hydrogens is 317 g/mol. The minimum Gasteiger partial charge on any atom is -0.497 e. The van der Waals surface area contributed by atoms with E-state index >= 15 is 0 Å². The minimum absolute atomic E-state index is 0.0933. The smallest absolute Gasteiger partial charge is 0.497 e. The summed E-state index contributed by atoms with van der Waals surface area (Å²) < 4.78 is 52.6. The Kier molecular flexibility index (Phi) is 3.91. The lowest BCUT2D eigenvalue weighted by Crippen LogP contribution is -2.39. The summed E-state index contributed by atoms with van der Waals surface area (Å²) in [4.78, 5) is 10.5. The predicted molar refractivity (Wildman–Crippen MR) is 65.6 cm³/mol. The Balaban J connectivity index is 2.53. The average molecular weight is 325 g/mol. The first-order valence-corrected chi connectivity index (χ1v) is 5.83. The number of carboxylic acid groups (broad SMARTS) is 1. The quantitative estimate of drug-likeness (QED) is 0.840. The second kappa shape index (κ2) is 5.36. The molecule has 1 atom stereocenters. The van der Waals surface area contributed by atoms with Crippen LogP contribution in [0.25, 0.3) is 6.08 Å². The van der Waals surface area contributed by atoms with E-state index in [1.165, 1.54) is 19.2 Å². The molecule has 0 spiro atoms. The molecule has 114 valence electrons. The number of ether oxygens (including phenoxy) is 3. The van der Waals surface area contributed by atoms with Crippen molar-refractivity contribution in [1.82, 2.24) is 0 Å². The maximum atomic E-state index is 12.9. The van der Waals surface area contributed by atoms with Crippen molar-refractivity contribution < 1.29 is 37.3 Å². The minimum atomic E-state index is -4.86. The molecule has 1 aliphatic rings. The third kappa shape index (κ3) is 3.15. The molecule has 0 amide bonds. The van der Waals surface area contributed by atoms with Crippen LogP contribution in [0.3, 0.4) is 0 Å². The van der Waals surface area contributed by atoms with Crippen molar-refractivity contribution in [3.63, 3.8) is 0 Å². The van der Waals surface area contributed by atoms with Gasteiger partial charge in [0.05, 0.1) is 12.1 Å². The Bertz CT molecular complexity index is 612. The molecule has 1 heterocycles. The van der Waals surface area contributed by atoms with Crippen LogP contribution >= 0.6 is 11.6 Å². The van der Waals surface area contributed by atoms with E-state index in [0.29, 0.717) is 0 Å². The number of alkyl halides is 3. The lowest BCUT2D eigenvalue weighted by Gasteiger charge is -2.28. The molecule has 9 heteroatoms. The van der Waals surface area contributed by atoms with Gasteiger partial charge in [0, 0.05) is 11.6 Å². The number of hydrogen-bond donors (Lipinski definition) is 1. The summed E-state index contributed by atoms with van der Waals surface area (Å²) in [6.45, 7) is 0. The van der Waals surface area contributed by atoms with Gasteiger partial charge in [-0.05, 0) is 12.1 Å². The Labute approximate surface area is 121 Å². The van der Waals surface area contributed by atoms with Crippen LogP contribution in [0.2, 0.25) is 5.02 Å². The summed E-state index contributed by atoms with van der Waals surface area (Å²) >= 11 is 5.84. The molecule has 21 heavy (non-hydrogen) atoms. The van der Waals surface area contributed by atoms with Gasteiger partial charge in [0.25, 0.3) is 6.10 Å². The van der Waals surface area contributed by atoms with Crippen LogP contribution in [0.1, 0.15) is 5.56 Å². The van der Waals surface area contributed by atoms with Crippen LogP contribution in [0.5, 0.6) is 11.5 Å². The van der Waals surface area contributed by atoms with Crippen LogP contribution in [-0.4, -0.2) is 30.7 Å². The van der Waals surface area contributed by atoms with Gasteiger partial charge in [-0.2, -0.15) is 13.2 Å². The monoisotopic (exact) mass is 324 g/mol. The highest BCUT2D eigenvalue weighted by molar-refractivity contribution is 6.32. The molecule has 0 radical (unpaired) electrons.